The fourth-order valence-corrected chi connectivity index (χ4v) is 2.07. The molecule has 0 unspecified atom stereocenters. The number of halogens is 1. The number of rotatable bonds is 5. The maximum Gasteiger partial charge on any atom is 0.166 e. The van der Waals surface area contributed by atoms with Crippen molar-refractivity contribution in [1.82, 2.24) is 0 Å². The Balaban J connectivity index is 2.26. The van der Waals surface area contributed by atoms with E-state index in [2.05, 4.69) is 6.92 Å². The van der Waals surface area contributed by atoms with Crippen molar-refractivity contribution in [3.63, 3.8) is 0 Å². The van der Waals surface area contributed by atoms with E-state index in [0.717, 1.165) is 12.8 Å². The molecule has 0 N–H and O–H groups in total. The van der Waals surface area contributed by atoms with Crippen molar-refractivity contribution in [1.29, 1.82) is 0 Å². The Hall–Kier alpha value is -2.16. The predicted octanol–water partition coefficient (Wildman–Crippen LogP) is 4.77. The maximum absolute atomic E-state index is 13.7. The van der Waals surface area contributed by atoms with Gasteiger partial charge in [0.15, 0.2) is 5.78 Å². The first-order chi connectivity index (χ1) is 9.61. The lowest BCUT2D eigenvalue weighted by Gasteiger charge is -2.10. The normalized spacial score (nSPS) is 10.3. The molecule has 0 spiro atoms. The second-order valence-electron chi connectivity index (χ2n) is 4.67. The highest BCUT2D eigenvalue weighted by Gasteiger charge is 2.14. The number of hydrogen-bond donors (Lipinski definition) is 0. The molecule has 0 saturated carbocycles. The molecule has 0 amide bonds. The maximum atomic E-state index is 13.7. The van der Waals surface area contributed by atoms with Crippen LogP contribution >= 0.6 is 0 Å². The first kappa shape index (κ1) is 14.3. The third kappa shape index (κ3) is 3.23. The summed E-state index contributed by atoms with van der Waals surface area (Å²) in [6.07, 6.45) is 2.09. The number of benzene rings is 2. The zero-order valence-corrected chi connectivity index (χ0v) is 11.7. The van der Waals surface area contributed by atoms with Gasteiger partial charge in [-0.15, -0.1) is 0 Å². The number of carbonyl (C=O) groups excluding carboxylic acids is 1. The van der Waals surface area contributed by atoms with E-state index in [1.807, 2.05) is 24.3 Å². The molecule has 0 aromatic heterocycles. The summed E-state index contributed by atoms with van der Waals surface area (Å²) in [5, 5.41) is 0. The Morgan fingerprint density at radius 2 is 1.85 bits per heavy atom. The zero-order chi connectivity index (χ0) is 14.5. The SMILES string of the molecule is CCCc1ccc(Oc2cccc(F)c2C(C)=O)cc1. The van der Waals surface area contributed by atoms with Crippen LogP contribution in [0.4, 0.5) is 4.39 Å². The molecule has 104 valence electrons. The molecule has 0 aliphatic carbocycles. The number of aryl methyl sites for hydroxylation is 1. The average Bonchev–Trinajstić information content (AvgIpc) is 2.41. The molecule has 0 bridgehead atoms. The van der Waals surface area contributed by atoms with Gasteiger partial charge in [0.05, 0.1) is 5.56 Å². The van der Waals surface area contributed by atoms with Crippen molar-refractivity contribution >= 4 is 5.78 Å². The van der Waals surface area contributed by atoms with Crippen LogP contribution in [-0.2, 0) is 6.42 Å². The quantitative estimate of drug-likeness (QED) is 0.733. The molecule has 0 fully saturated rings. The number of carbonyl (C=O) groups is 1. The molecule has 2 rings (SSSR count). The fraction of sp³-hybridized carbons (Fsp3) is 0.235. The zero-order valence-electron chi connectivity index (χ0n) is 11.7. The van der Waals surface area contributed by atoms with Crippen LogP contribution in [0.5, 0.6) is 11.5 Å². The standard InChI is InChI=1S/C17H17FO2/c1-3-5-13-8-10-14(11-9-13)20-16-7-4-6-15(18)17(16)12(2)19/h4,6-11H,3,5H2,1-2H3. The Bertz CT molecular complexity index is 603. The fourth-order valence-electron chi connectivity index (χ4n) is 2.07. The lowest BCUT2D eigenvalue weighted by Crippen LogP contribution is -2.00. The molecule has 2 nitrogen and oxygen atoms in total. The van der Waals surface area contributed by atoms with Crippen LogP contribution in [0.1, 0.15) is 36.2 Å². The molecular weight excluding hydrogens is 255 g/mol. The van der Waals surface area contributed by atoms with Crippen molar-refractivity contribution in [2.45, 2.75) is 26.7 Å². The van der Waals surface area contributed by atoms with Crippen molar-refractivity contribution < 1.29 is 13.9 Å². The van der Waals surface area contributed by atoms with Crippen LogP contribution < -0.4 is 4.74 Å². The van der Waals surface area contributed by atoms with E-state index in [0.29, 0.717) is 5.75 Å². The number of hydrogen-bond acceptors (Lipinski definition) is 2. The Morgan fingerprint density at radius 3 is 2.45 bits per heavy atom. The Morgan fingerprint density at radius 1 is 1.15 bits per heavy atom. The van der Waals surface area contributed by atoms with Crippen LogP contribution in [0.2, 0.25) is 0 Å². The minimum Gasteiger partial charge on any atom is -0.457 e. The molecule has 3 heteroatoms. The Kier molecular flexibility index (Phi) is 4.51. The van der Waals surface area contributed by atoms with Gasteiger partial charge < -0.3 is 4.74 Å². The molecule has 2 aromatic rings. The largest absolute Gasteiger partial charge is 0.457 e. The summed E-state index contributed by atoms with van der Waals surface area (Å²) in [6, 6.07) is 12.0. The van der Waals surface area contributed by atoms with Gasteiger partial charge in [-0.2, -0.15) is 0 Å². The molecular formula is C17H17FO2. The number of ether oxygens (including phenoxy) is 1. The number of Topliss-reactive ketones (excluding diaryl/α,β-unsaturated/α-hetero) is 1. The van der Waals surface area contributed by atoms with E-state index in [1.165, 1.54) is 24.6 Å². The van der Waals surface area contributed by atoms with Gasteiger partial charge >= 0.3 is 0 Å². The van der Waals surface area contributed by atoms with Crippen LogP contribution in [0.25, 0.3) is 0 Å². The summed E-state index contributed by atoms with van der Waals surface area (Å²) >= 11 is 0. The van der Waals surface area contributed by atoms with E-state index in [9.17, 15) is 9.18 Å². The lowest BCUT2D eigenvalue weighted by atomic mass is 10.1. The molecule has 0 heterocycles. The third-order valence-corrected chi connectivity index (χ3v) is 3.02. The van der Waals surface area contributed by atoms with Crippen molar-refractivity contribution in [3.05, 3.63) is 59.4 Å². The summed E-state index contributed by atoms with van der Waals surface area (Å²) in [4.78, 5) is 11.5. The van der Waals surface area contributed by atoms with Crippen LogP contribution in [0.15, 0.2) is 42.5 Å². The van der Waals surface area contributed by atoms with Gasteiger partial charge in [0, 0.05) is 0 Å². The predicted molar refractivity (Wildman–Crippen MR) is 76.9 cm³/mol. The van der Waals surface area contributed by atoms with Gasteiger partial charge in [-0.1, -0.05) is 31.5 Å². The van der Waals surface area contributed by atoms with Crippen molar-refractivity contribution in [2.75, 3.05) is 0 Å². The molecule has 0 aliphatic rings. The highest BCUT2D eigenvalue weighted by molar-refractivity contribution is 5.97. The van der Waals surface area contributed by atoms with Gasteiger partial charge in [-0.3, -0.25) is 4.79 Å². The Labute approximate surface area is 118 Å². The second kappa shape index (κ2) is 6.33. The van der Waals surface area contributed by atoms with Gasteiger partial charge in [0.2, 0.25) is 0 Å². The summed E-state index contributed by atoms with van der Waals surface area (Å²) in [5.41, 5.74) is 1.22. The van der Waals surface area contributed by atoms with E-state index in [1.54, 1.807) is 6.07 Å². The molecule has 0 saturated heterocycles. The minimum absolute atomic E-state index is 0.00913. The van der Waals surface area contributed by atoms with E-state index in [-0.39, 0.29) is 17.1 Å². The third-order valence-electron chi connectivity index (χ3n) is 3.02. The van der Waals surface area contributed by atoms with Crippen LogP contribution in [-0.4, -0.2) is 5.78 Å². The molecule has 2 aromatic carbocycles. The average molecular weight is 272 g/mol. The first-order valence-electron chi connectivity index (χ1n) is 6.68. The molecule has 20 heavy (non-hydrogen) atoms. The smallest absolute Gasteiger partial charge is 0.166 e. The topological polar surface area (TPSA) is 26.3 Å². The summed E-state index contributed by atoms with van der Waals surface area (Å²) in [7, 11) is 0. The van der Waals surface area contributed by atoms with Gasteiger partial charge in [0.25, 0.3) is 0 Å². The van der Waals surface area contributed by atoms with Crippen LogP contribution in [0, 0.1) is 5.82 Å². The molecule has 0 atom stereocenters. The molecule has 0 aliphatic heterocycles. The van der Waals surface area contributed by atoms with E-state index < -0.39 is 5.82 Å². The van der Waals surface area contributed by atoms with Crippen molar-refractivity contribution in [2.24, 2.45) is 0 Å². The van der Waals surface area contributed by atoms with E-state index >= 15 is 0 Å². The van der Waals surface area contributed by atoms with Gasteiger partial charge in [-0.25, -0.2) is 4.39 Å². The highest BCUT2D eigenvalue weighted by atomic mass is 19.1. The summed E-state index contributed by atoms with van der Waals surface area (Å²) < 4.78 is 19.3. The monoisotopic (exact) mass is 272 g/mol. The van der Waals surface area contributed by atoms with Gasteiger partial charge in [-0.05, 0) is 43.2 Å². The van der Waals surface area contributed by atoms with Crippen molar-refractivity contribution in [3.8, 4) is 11.5 Å². The highest BCUT2D eigenvalue weighted by Crippen LogP contribution is 2.27. The molecule has 0 radical (unpaired) electrons. The first-order valence-corrected chi connectivity index (χ1v) is 6.68. The van der Waals surface area contributed by atoms with E-state index in [4.69, 9.17) is 4.74 Å². The lowest BCUT2D eigenvalue weighted by molar-refractivity contribution is 0.101. The van der Waals surface area contributed by atoms with Crippen LogP contribution in [0.3, 0.4) is 0 Å². The number of ketones is 1. The minimum atomic E-state index is -0.558. The second-order valence-corrected chi connectivity index (χ2v) is 4.67. The van der Waals surface area contributed by atoms with Gasteiger partial charge in [0.1, 0.15) is 17.3 Å². The summed E-state index contributed by atoms with van der Waals surface area (Å²) in [5.74, 6) is -0.0583. The summed E-state index contributed by atoms with van der Waals surface area (Å²) in [6.45, 7) is 3.45.